The number of hydrogen-bond acceptors (Lipinski definition) is 4. The minimum absolute atomic E-state index is 0.0946. The Kier molecular flexibility index (Phi) is 5.38. The van der Waals surface area contributed by atoms with Crippen molar-refractivity contribution < 1.29 is 14.6 Å². The number of aromatic nitrogens is 1. The van der Waals surface area contributed by atoms with E-state index in [1.54, 1.807) is 30.2 Å². The number of hydrogen-bond donors (Lipinski definition) is 2. The third-order valence-electron chi connectivity index (χ3n) is 3.54. The quantitative estimate of drug-likeness (QED) is 0.873. The Morgan fingerprint density at radius 2 is 2.48 bits per heavy atom. The van der Waals surface area contributed by atoms with Gasteiger partial charge in [-0.15, -0.1) is 0 Å². The van der Waals surface area contributed by atoms with Crippen molar-refractivity contribution in [3.05, 3.63) is 18.3 Å². The van der Waals surface area contributed by atoms with E-state index in [4.69, 9.17) is 4.74 Å². The molecule has 0 saturated carbocycles. The summed E-state index contributed by atoms with van der Waals surface area (Å²) in [5, 5.41) is 12.4. The molecule has 0 aliphatic carbocycles. The predicted octanol–water partition coefficient (Wildman–Crippen LogP) is 2.25. The second-order valence-corrected chi connectivity index (χ2v) is 5.29. The van der Waals surface area contributed by atoms with Crippen LogP contribution in [0.3, 0.4) is 0 Å². The molecule has 6 nitrogen and oxygen atoms in total. The SMILES string of the molecule is CCOc1ncccc1NC(=O)N1CCCC1CC(C)O. The summed E-state index contributed by atoms with van der Waals surface area (Å²) >= 11 is 0. The van der Waals surface area contributed by atoms with Crippen LogP contribution in [0.2, 0.25) is 0 Å². The number of rotatable bonds is 5. The van der Waals surface area contributed by atoms with E-state index >= 15 is 0 Å². The van der Waals surface area contributed by atoms with Gasteiger partial charge in [-0.2, -0.15) is 0 Å². The summed E-state index contributed by atoms with van der Waals surface area (Å²) in [5.74, 6) is 0.430. The number of aliphatic hydroxyl groups is 1. The molecular formula is C15H23N3O3. The van der Waals surface area contributed by atoms with E-state index in [1.165, 1.54) is 0 Å². The predicted molar refractivity (Wildman–Crippen MR) is 80.5 cm³/mol. The van der Waals surface area contributed by atoms with Crippen LogP contribution in [0, 0.1) is 0 Å². The molecule has 1 aliphatic rings. The van der Waals surface area contributed by atoms with Crippen LogP contribution in [0.4, 0.5) is 10.5 Å². The van der Waals surface area contributed by atoms with Crippen molar-refractivity contribution >= 4 is 11.7 Å². The van der Waals surface area contributed by atoms with Crippen molar-refractivity contribution in [2.45, 2.75) is 45.3 Å². The lowest BCUT2D eigenvalue weighted by Gasteiger charge is -2.26. The molecule has 21 heavy (non-hydrogen) atoms. The fraction of sp³-hybridized carbons (Fsp3) is 0.600. The van der Waals surface area contributed by atoms with Gasteiger partial charge >= 0.3 is 6.03 Å². The fourth-order valence-electron chi connectivity index (χ4n) is 2.67. The van der Waals surface area contributed by atoms with Crippen LogP contribution in [0.25, 0.3) is 0 Å². The highest BCUT2D eigenvalue weighted by Gasteiger charge is 2.29. The first kappa shape index (κ1) is 15.6. The van der Waals surface area contributed by atoms with E-state index in [-0.39, 0.29) is 12.1 Å². The van der Waals surface area contributed by atoms with Gasteiger partial charge in [0.05, 0.1) is 12.7 Å². The van der Waals surface area contributed by atoms with Gasteiger partial charge in [0, 0.05) is 18.8 Å². The number of anilines is 1. The van der Waals surface area contributed by atoms with Crippen LogP contribution < -0.4 is 10.1 Å². The molecule has 1 fully saturated rings. The molecular weight excluding hydrogens is 270 g/mol. The maximum Gasteiger partial charge on any atom is 0.322 e. The first-order valence-corrected chi connectivity index (χ1v) is 7.45. The highest BCUT2D eigenvalue weighted by Crippen LogP contribution is 2.25. The zero-order chi connectivity index (χ0) is 15.2. The smallest absolute Gasteiger partial charge is 0.322 e. The fourth-order valence-corrected chi connectivity index (χ4v) is 2.67. The Morgan fingerprint density at radius 1 is 1.67 bits per heavy atom. The Labute approximate surface area is 125 Å². The summed E-state index contributed by atoms with van der Waals surface area (Å²) in [5.41, 5.74) is 0.576. The monoisotopic (exact) mass is 293 g/mol. The summed E-state index contributed by atoms with van der Waals surface area (Å²) in [6.07, 6.45) is 3.74. The van der Waals surface area contributed by atoms with E-state index in [0.717, 1.165) is 12.8 Å². The number of amides is 2. The summed E-state index contributed by atoms with van der Waals surface area (Å²) < 4.78 is 5.41. The van der Waals surface area contributed by atoms with Crippen LogP contribution in [0.1, 0.15) is 33.1 Å². The molecule has 1 aromatic rings. The summed E-state index contributed by atoms with van der Waals surface area (Å²) in [6.45, 7) is 4.84. The molecule has 1 aliphatic heterocycles. The van der Waals surface area contributed by atoms with Crippen LogP contribution in [-0.4, -0.2) is 46.3 Å². The second-order valence-electron chi connectivity index (χ2n) is 5.29. The van der Waals surface area contributed by atoms with E-state index < -0.39 is 6.10 Å². The molecule has 0 aromatic carbocycles. The molecule has 1 saturated heterocycles. The Bertz CT molecular complexity index is 479. The molecule has 2 rings (SSSR count). The standard InChI is InChI=1S/C15H23N3O3/c1-3-21-14-13(7-4-8-16-14)17-15(20)18-9-5-6-12(18)10-11(2)19/h4,7-8,11-12,19H,3,5-6,9-10H2,1-2H3,(H,17,20). The lowest BCUT2D eigenvalue weighted by atomic mass is 10.1. The minimum Gasteiger partial charge on any atom is -0.476 e. The molecule has 2 atom stereocenters. The second kappa shape index (κ2) is 7.26. The van der Waals surface area contributed by atoms with Gasteiger partial charge in [0.15, 0.2) is 0 Å². The number of carbonyl (C=O) groups excluding carboxylic acids is 1. The number of likely N-dealkylation sites (tertiary alicyclic amines) is 1. The third kappa shape index (κ3) is 4.07. The van der Waals surface area contributed by atoms with Gasteiger partial charge in [0.1, 0.15) is 5.69 Å². The van der Waals surface area contributed by atoms with Crippen molar-refractivity contribution in [3.63, 3.8) is 0 Å². The summed E-state index contributed by atoms with van der Waals surface area (Å²) in [7, 11) is 0. The van der Waals surface area contributed by atoms with E-state index in [2.05, 4.69) is 10.3 Å². The third-order valence-corrected chi connectivity index (χ3v) is 3.54. The van der Waals surface area contributed by atoms with E-state index in [9.17, 15) is 9.90 Å². The maximum absolute atomic E-state index is 12.4. The molecule has 0 bridgehead atoms. The number of nitrogens with zero attached hydrogens (tertiary/aromatic N) is 2. The highest BCUT2D eigenvalue weighted by molar-refractivity contribution is 5.90. The van der Waals surface area contributed by atoms with Gasteiger partial charge in [0.25, 0.3) is 0 Å². The van der Waals surface area contributed by atoms with Gasteiger partial charge in [-0.1, -0.05) is 0 Å². The summed E-state index contributed by atoms with van der Waals surface area (Å²) in [6, 6.07) is 3.47. The normalized spacial score (nSPS) is 19.4. The van der Waals surface area contributed by atoms with Gasteiger partial charge in [-0.05, 0) is 45.2 Å². The Hall–Kier alpha value is -1.82. The Balaban J connectivity index is 2.04. The summed E-state index contributed by atoms with van der Waals surface area (Å²) in [4.78, 5) is 18.3. The molecule has 2 N–H and O–H groups in total. The maximum atomic E-state index is 12.4. The Morgan fingerprint density at radius 3 is 3.19 bits per heavy atom. The van der Waals surface area contributed by atoms with Crippen molar-refractivity contribution in [2.24, 2.45) is 0 Å². The van der Waals surface area contributed by atoms with Crippen molar-refractivity contribution in [1.82, 2.24) is 9.88 Å². The largest absolute Gasteiger partial charge is 0.476 e. The number of pyridine rings is 1. The zero-order valence-corrected chi connectivity index (χ0v) is 12.6. The van der Waals surface area contributed by atoms with Gasteiger partial charge in [-0.25, -0.2) is 9.78 Å². The van der Waals surface area contributed by atoms with Crippen LogP contribution in [0.5, 0.6) is 5.88 Å². The molecule has 116 valence electrons. The number of urea groups is 1. The number of carbonyl (C=O) groups is 1. The topological polar surface area (TPSA) is 74.7 Å². The van der Waals surface area contributed by atoms with E-state index in [1.807, 2.05) is 6.92 Å². The number of ether oxygens (including phenoxy) is 1. The molecule has 6 heteroatoms. The molecule has 2 amide bonds. The lowest BCUT2D eigenvalue weighted by molar-refractivity contribution is 0.142. The molecule has 2 unspecified atom stereocenters. The first-order valence-electron chi connectivity index (χ1n) is 7.45. The lowest BCUT2D eigenvalue weighted by Crippen LogP contribution is -2.40. The van der Waals surface area contributed by atoms with Gasteiger partial charge in [-0.3, -0.25) is 0 Å². The highest BCUT2D eigenvalue weighted by atomic mass is 16.5. The average molecular weight is 293 g/mol. The van der Waals surface area contributed by atoms with E-state index in [0.29, 0.717) is 31.1 Å². The molecule has 1 aromatic heterocycles. The van der Waals surface area contributed by atoms with Crippen molar-refractivity contribution in [1.29, 1.82) is 0 Å². The van der Waals surface area contributed by atoms with Crippen LogP contribution >= 0.6 is 0 Å². The first-order chi connectivity index (χ1) is 10.1. The van der Waals surface area contributed by atoms with Crippen molar-refractivity contribution in [3.8, 4) is 5.88 Å². The van der Waals surface area contributed by atoms with Gasteiger partial charge in [0.2, 0.25) is 5.88 Å². The van der Waals surface area contributed by atoms with Crippen LogP contribution in [-0.2, 0) is 0 Å². The minimum atomic E-state index is -0.402. The number of aliphatic hydroxyl groups excluding tert-OH is 1. The number of nitrogens with one attached hydrogen (secondary N) is 1. The zero-order valence-electron chi connectivity index (χ0n) is 12.6. The van der Waals surface area contributed by atoms with Gasteiger partial charge < -0.3 is 20.1 Å². The van der Waals surface area contributed by atoms with Crippen molar-refractivity contribution in [2.75, 3.05) is 18.5 Å². The molecule has 0 spiro atoms. The van der Waals surface area contributed by atoms with Crippen LogP contribution in [0.15, 0.2) is 18.3 Å². The average Bonchev–Trinajstić information content (AvgIpc) is 2.88. The molecule has 0 radical (unpaired) electrons. The molecule has 2 heterocycles.